The van der Waals surface area contributed by atoms with Gasteiger partial charge in [0.25, 0.3) is 0 Å². The predicted molar refractivity (Wildman–Crippen MR) is 73.8 cm³/mol. The molecule has 96 valence electrons. The third-order valence-electron chi connectivity index (χ3n) is 2.11. The Labute approximate surface area is 117 Å². The van der Waals surface area contributed by atoms with Crippen LogP contribution in [0, 0.1) is 0 Å². The number of benzene rings is 1. The first-order valence-electron chi connectivity index (χ1n) is 4.85. The van der Waals surface area contributed by atoms with Crippen LogP contribution < -0.4 is 5.73 Å². The summed E-state index contributed by atoms with van der Waals surface area (Å²) in [7, 11) is 1.69. The lowest BCUT2D eigenvalue weighted by molar-refractivity contribution is -0.131. The third kappa shape index (κ3) is 5.13. The van der Waals surface area contributed by atoms with E-state index in [1.807, 2.05) is 0 Å². The van der Waals surface area contributed by atoms with Crippen molar-refractivity contribution in [2.24, 2.45) is 5.73 Å². The zero-order valence-electron chi connectivity index (χ0n) is 9.61. The van der Waals surface area contributed by atoms with Crippen molar-refractivity contribution in [2.75, 3.05) is 7.05 Å². The number of carbonyl (C=O) groups is 1. The van der Waals surface area contributed by atoms with Crippen LogP contribution in [0.3, 0.4) is 0 Å². The number of carbonyl (C=O) groups excluding carboxylic acids is 1. The predicted octanol–water partition coefficient (Wildman–Crippen LogP) is 2.72. The van der Waals surface area contributed by atoms with Crippen molar-refractivity contribution < 1.29 is 4.79 Å². The van der Waals surface area contributed by atoms with E-state index in [1.165, 1.54) is 0 Å². The molecule has 0 aliphatic carbocycles. The van der Waals surface area contributed by atoms with E-state index in [0.717, 1.165) is 5.56 Å². The number of amides is 1. The van der Waals surface area contributed by atoms with Crippen LogP contribution in [0.1, 0.15) is 12.5 Å². The van der Waals surface area contributed by atoms with Crippen molar-refractivity contribution in [1.82, 2.24) is 4.90 Å². The van der Waals surface area contributed by atoms with Gasteiger partial charge in [0.1, 0.15) is 0 Å². The maximum atomic E-state index is 11.6. The molecular weight excluding hydrogens is 282 g/mol. The number of hydrogen-bond donors (Lipinski definition) is 1. The summed E-state index contributed by atoms with van der Waals surface area (Å²) in [6.45, 7) is 2.10. The van der Waals surface area contributed by atoms with Gasteiger partial charge < -0.3 is 10.6 Å². The molecule has 17 heavy (non-hydrogen) atoms. The van der Waals surface area contributed by atoms with Gasteiger partial charge in [-0.3, -0.25) is 4.79 Å². The van der Waals surface area contributed by atoms with Gasteiger partial charge >= 0.3 is 0 Å². The molecular formula is C11H15Cl3N2O. The van der Waals surface area contributed by atoms with Crippen LogP contribution in [0.2, 0.25) is 10.0 Å². The largest absolute Gasteiger partial charge is 0.340 e. The zero-order valence-corrected chi connectivity index (χ0v) is 11.9. The summed E-state index contributed by atoms with van der Waals surface area (Å²) in [5.74, 6) is -0.115. The molecule has 1 atom stereocenters. The molecule has 1 aromatic rings. The molecule has 0 aliphatic heterocycles. The summed E-state index contributed by atoms with van der Waals surface area (Å²) in [5.41, 5.74) is 6.39. The van der Waals surface area contributed by atoms with E-state index in [1.54, 1.807) is 37.1 Å². The molecule has 0 radical (unpaired) electrons. The molecule has 3 nitrogen and oxygen atoms in total. The number of likely N-dealkylation sites (N-methyl/N-ethyl adjacent to an activating group) is 1. The summed E-state index contributed by atoms with van der Waals surface area (Å²) in [4.78, 5) is 13.1. The van der Waals surface area contributed by atoms with Gasteiger partial charge in [0.2, 0.25) is 5.91 Å². The van der Waals surface area contributed by atoms with Crippen molar-refractivity contribution >= 4 is 41.5 Å². The minimum atomic E-state index is -0.500. The average Bonchev–Trinajstić information content (AvgIpc) is 2.14. The molecule has 0 heterocycles. The Hall–Kier alpha value is -0.480. The van der Waals surface area contributed by atoms with Gasteiger partial charge in [-0.05, 0) is 30.7 Å². The van der Waals surface area contributed by atoms with Crippen LogP contribution in [0.4, 0.5) is 0 Å². The van der Waals surface area contributed by atoms with E-state index in [9.17, 15) is 4.79 Å². The third-order valence-corrected chi connectivity index (χ3v) is 2.54. The van der Waals surface area contributed by atoms with Gasteiger partial charge in [-0.1, -0.05) is 23.2 Å². The Morgan fingerprint density at radius 1 is 1.35 bits per heavy atom. The Morgan fingerprint density at radius 3 is 2.24 bits per heavy atom. The number of halogens is 3. The number of nitrogens with zero attached hydrogens (tertiary/aromatic N) is 1. The molecule has 2 N–H and O–H groups in total. The lowest BCUT2D eigenvalue weighted by Gasteiger charge is -2.19. The van der Waals surface area contributed by atoms with Crippen molar-refractivity contribution in [2.45, 2.75) is 19.5 Å². The fourth-order valence-electron chi connectivity index (χ4n) is 1.40. The highest BCUT2D eigenvalue weighted by atomic mass is 35.5. The first-order valence-corrected chi connectivity index (χ1v) is 5.61. The molecule has 1 amide bonds. The van der Waals surface area contributed by atoms with Gasteiger partial charge in [-0.15, -0.1) is 12.4 Å². The van der Waals surface area contributed by atoms with Gasteiger partial charge in [-0.25, -0.2) is 0 Å². The van der Waals surface area contributed by atoms with Crippen LogP contribution in [-0.4, -0.2) is 23.9 Å². The van der Waals surface area contributed by atoms with E-state index in [0.29, 0.717) is 16.6 Å². The lowest BCUT2D eigenvalue weighted by Crippen LogP contribution is -2.39. The van der Waals surface area contributed by atoms with Gasteiger partial charge in [0.15, 0.2) is 0 Å². The Bertz CT molecular complexity index is 376. The summed E-state index contributed by atoms with van der Waals surface area (Å²) in [6, 6.07) is 4.70. The fourth-order valence-corrected chi connectivity index (χ4v) is 1.97. The molecule has 0 fully saturated rings. The standard InChI is InChI=1S/C11H14Cl2N2O.ClH/c1-7(14)11(16)15(2)6-8-3-9(12)5-10(13)4-8;/h3-5,7H,6,14H2,1-2H3;1H. The SMILES string of the molecule is CC(N)C(=O)N(C)Cc1cc(Cl)cc(Cl)c1.Cl. The molecule has 0 saturated heterocycles. The van der Waals surface area contributed by atoms with E-state index in [-0.39, 0.29) is 18.3 Å². The summed E-state index contributed by atoms with van der Waals surface area (Å²) < 4.78 is 0. The molecule has 0 bridgehead atoms. The van der Waals surface area contributed by atoms with Crippen LogP contribution in [0.25, 0.3) is 0 Å². The van der Waals surface area contributed by atoms with Gasteiger partial charge in [0.05, 0.1) is 6.04 Å². The summed E-state index contributed by atoms with van der Waals surface area (Å²) in [6.07, 6.45) is 0. The number of hydrogen-bond acceptors (Lipinski definition) is 2. The molecule has 0 spiro atoms. The van der Waals surface area contributed by atoms with Crippen LogP contribution in [0.15, 0.2) is 18.2 Å². The highest BCUT2D eigenvalue weighted by molar-refractivity contribution is 6.34. The lowest BCUT2D eigenvalue weighted by atomic mass is 10.2. The van der Waals surface area contributed by atoms with Crippen molar-refractivity contribution in [3.05, 3.63) is 33.8 Å². The Kier molecular flexibility index (Phi) is 6.87. The van der Waals surface area contributed by atoms with Gasteiger partial charge in [-0.2, -0.15) is 0 Å². The normalized spacial score (nSPS) is 11.6. The highest BCUT2D eigenvalue weighted by Gasteiger charge is 2.13. The second-order valence-corrected chi connectivity index (χ2v) is 4.63. The highest BCUT2D eigenvalue weighted by Crippen LogP contribution is 2.19. The number of nitrogens with two attached hydrogens (primary N) is 1. The van der Waals surface area contributed by atoms with Crippen molar-refractivity contribution in [1.29, 1.82) is 0 Å². The fraction of sp³-hybridized carbons (Fsp3) is 0.364. The maximum absolute atomic E-state index is 11.6. The topological polar surface area (TPSA) is 46.3 Å². The van der Waals surface area contributed by atoms with Crippen LogP contribution in [-0.2, 0) is 11.3 Å². The molecule has 0 saturated carbocycles. The number of rotatable bonds is 3. The Balaban J connectivity index is 0.00000256. The molecule has 0 aliphatic rings. The molecule has 1 unspecified atom stereocenters. The molecule has 0 aromatic heterocycles. The minimum absolute atomic E-state index is 0. The summed E-state index contributed by atoms with van der Waals surface area (Å²) in [5, 5.41) is 1.12. The van der Waals surface area contributed by atoms with Crippen LogP contribution in [0.5, 0.6) is 0 Å². The Morgan fingerprint density at radius 2 is 1.82 bits per heavy atom. The second-order valence-electron chi connectivity index (χ2n) is 3.76. The monoisotopic (exact) mass is 296 g/mol. The first-order chi connectivity index (χ1) is 7.40. The van der Waals surface area contributed by atoms with E-state index < -0.39 is 6.04 Å². The quantitative estimate of drug-likeness (QED) is 0.932. The molecule has 1 aromatic carbocycles. The second kappa shape index (κ2) is 7.07. The molecule has 6 heteroatoms. The van der Waals surface area contributed by atoms with E-state index >= 15 is 0 Å². The first kappa shape index (κ1) is 16.5. The van der Waals surface area contributed by atoms with Crippen molar-refractivity contribution in [3.8, 4) is 0 Å². The summed E-state index contributed by atoms with van der Waals surface area (Å²) >= 11 is 11.7. The van der Waals surface area contributed by atoms with E-state index in [2.05, 4.69) is 0 Å². The van der Waals surface area contributed by atoms with Gasteiger partial charge in [0, 0.05) is 23.6 Å². The average molecular weight is 298 g/mol. The maximum Gasteiger partial charge on any atom is 0.239 e. The zero-order chi connectivity index (χ0) is 12.3. The van der Waals surface area contributed by atoms with Crippen LogP contribution >= 0.6 is 35.6 Å². The minimum Gasteiger partial charge on any atom is -0.340 e. The smallest absolute Gasteiger partial charge is 0.239 e. The van der Waals surface area contributed by atoms with E-state index in [4.69, 9.17) is 28.9 Å². The van der Waals surface area contributed by atoms with Crippen molar-refractivity contribution in [3.63, 3.8) is 0 Å². The molecule has 1 rings (SSSR count).